The van der Waals surface area contributed by atoms with Crippen molar-refractivity contribution >= 4 is 23.2 Å². The quantitative estimate of drug-likeness (QED) is 0.308. The molecule has 1 aromatic heterocycles. The molecule has 0 saturated heterocycles. The van der Waals surface area contributed by atoms with Crippen LogP contribution in [0.5, 0.6) is 11.5 Å². The minimum Gasteiger partial charge on any atom is -0.454 e. The normalized spacial score (nSPS) is 16.0. The molecule has 10 heteroatoms. The Balaban J connectivity index is 1.47. The molecule has 9 nitrogen and oxygen atoms in total. The van der Waals surface area contributed by atoms with Crippen LogP contribution in [-0.4, -0.2) is 32.7 Å². The van der Waals surface area contributed by atoms with Crippen LogP contribution in [0.1, 0.15) is 33.2 Å². The molecule has 0 radical (unpaired) electrons. The zero-order valence-corrected chi connectivity index (χ0v) is 18.9. The lowest BCUT2D eigenvalue weighted by molar-refractivity contribution is -0.384. The van der Waals surface area contributed by atoms with Crippen LogP contribution in [0.15, 0.2) is 66.7 Å². The van der Waals surface area contributed by atoms with Gasteiger partial charge in [0.15, 0.2) is 11.5 Å². The van der Waals surface area contributed by atoms with Crippen LogP contribution >= 0.6 is 11.6 Å². The molecular weight excluding hydrogens is 472 g/mol. The van der Waals surface area contributed by atoms with Crippen molar-refractivity contribution in [3.8, 4) is 22.8 Å². The smallest absolute Gasteiger partial charge is 0.273 e. The third-order valence-electron chi connectivity index (χ3n) is 6.17. The van der Waals surface area contributed by atoms with Crippen molar-refractivity contribution in [1.82, 2.24) is 15.1 Å². The van der Waals surface area contributed by atoms with E-state index in [2.05, 4.69) is 10.2 Å². The zero-order valence-electron chi connectivity index (χ0n) is 18.1. The number of halogens is 1. The van der Waals surface area contributed by atoms with Gasteiger partial charge >= 0.3 is 0 Å². The van der Waals surface area contributed by atoms with E-state index in [1.165, 1.54) is 12.1 Å². The van der Waals surface area contributed by atoms with Crippen LogP contribution < -0.4 is 9.47 Å². The van der Waals surface area contributed by atoms with Crippen molar-refractivity contribution in [3.05, 3.63) is 104 Å². The summed E-state index contributed by atoms with van der Waals surface area (Å²) < 4.78 is 10.9. The molecule has 1 N–H and O–H groups in total. The lowest BCUT2D eigenvalue weighted by Crippen LogP contribution is -2.29. The highest BCUT2D eigenvalue weighted by Gasteiger charge is 2.42. The number of nitro benzene ring substituents is 1. The molecule has 3 heterocycles. The van der Waals surface area contributed by atoms with Crippen LogP contribution in [0.4, 0.5) is 5.69 Å². The van der Waals surface area contributed by atoms with Crippen molar-refractivity contribution in [3.63, 3.8) is 0 Å². The Morgan fingerprint density at radius 3 is 2.69 bits per heavy atom. The van der Waals surface area contributed by atoms with E-state index < -0.39 is 11.0 Å². The van der Waals surface area contributed by atoms with Crippen LogP contribution in [0.25, 0.3) is 11.3 Å². The Kier molecular flexibility index (Phi) is 4.93. The van der Waals surface area contributed by atoms with Crippen molar-refractivity contribution in [1.29, 1.82) is 0 Å². The predicted molar refractivity (Wildman–Crippen MR) is 126 cm³/mol. The number of aromatic amines is 1. The fraction of sp³-hybridized carbons (Fsp3) is 0.120. The number of nitrogens with zero attached hydrogens (tertiary/aromatic N) is 3. The molecule has 2 aliphatic heterocycles. The second kappa shape index (κ2) is 8.14. The monoisotopic (exact) mass is 488 g/mol. The van der Waals surface area contributed by atoms with Gasteiger partial charge in [0.1, 0.15) is 5.69 Å². The molecule has 0 saturated carbocycles. The Bertz CT molecular complexity index is 1480. The molecular formula is C25H17ClN4O5. The number of nitro groups is 1. The molecule has 3 aromatic carbocycles. The van der Waals surface area contributed by atoms with Crippen molar-refractivity contribution in [2.24, 2.45) is 0 Å². The van der Waals surface area contributed by atoms with E-state index in [1.807, 2.05) is 24.3 Å². The number of ether oxygens (including phenoxy) is 2. The van der Waals surface area contributed by atoms with Crippen molar-refractivity contribution < 1.29 is 19.2 Å². The lowest BCUT2D eigenvalue weighted by atomic mass is 9.95. The number of hydrogen-bond acceptors (Lipinski definition) is 6. The Labute approximate surface area is 204 Å². The van der Waals surface area contributed by atoms with E-state index in [0.29, 0.717) is 39.0 Å². The summed E-state index contributed by atoms with van der Waals surface area (Å²) in [6, 6.07) is 18.4. The third kappa shape index (κ3) is 3.57. The first-order chi connectivity index (χ1) is 17.0. The van der Waals surface area contributed by atoms with Gasteiger partial charge in [-0.05, 0) is 35.4 Å². The number of fused-ring (bicyclic) bond motifs is 2. The number of carbonyl (C=O) groups excluding carboxylic acids is 1. The summed E-state index contributed by atoms with van der Waals surface area (Å²) in [5.41, 5.74) is 3.79. The summed E-state index contributed by atoms with van der Waals surface area (Å²) >= 11 is 6.07. The first-order valence-electron chi connectivity index (χ1n) is 10.8. The standard InChI is InChI=1S/C25H17ClN4O5/c26-17-7-5-15(6-8-17)22-21-23(28-27-22)25(31)29(12-14-4-9-19-20(10-14)35-13-34-19)24(21)16-2-1-3-18(11-16)30(32)33/h1-11,24H,12-13H2,(H,27,28). The number of amides is 1. The van der Waals surface area contributed by atoms with E-state index in [0.717, 1.165) is 11.1 Å². The molecule has 1 amide bonds. The van der Waals surface area contributed by atoms with Gasteiger partial charge in [0.2, 0.25) is 6.79 Å². The average molecular weight is 489 g/mol. The third-order valence-corrected chi connectivity index (χ3v) is 6.42. The molecule has 0 fully saturated rings. The van der Waals surface area contributed by atoms with E-state index >= 15 is 0 Å². The van der Waals surface area contributed by atoms with Gasteiger partial charge in [-0.25, -0.2) is 0 Å². The van der Waals surface area contributed by atoms with Gasteiger partial charge < -0.3 is 14.4 Å². The minimum atomic E-state index is -0.591. The highest BCUT2D eigenvalue weighted by molar-refractivity contribution is 6.30. The summed E-state index contributed by atoms with van der Waals surface area (Å²) in [6.07, 6.45) is 0. The van der Waals surface area contributed by atoms with E-state index in [4.69, 9.17) is 21.1 Å². The van der Waals surface area contributed by atoms with Crippen LogP contribution in [0.2, 0.25) is 5.02 Å². The molecule has 1 unspecified atom stereocenters. The maximum absolute atomic E-state index is 13.6. The Hall–Kier alpha value is -4.37. The highest BCUT2D eigenvalue weighted by atomic mass is 35.5. The molecule has 4 aromatic rings. The fourth-order valence-electron chi connectivity index (χ4n) is 4.58. The predicted octanol–water partition coefficient (Wildman–Crippen LogP) is 5.11. The maximum Gasteiger partial charge on any atom is 0.273 e. The number of carbonyl (C=O) groups is 1. The largest absolute Gasteiger partial charge is 0.454 e. The summed E-state index contributed by atoms with van der Waals surface area (Å²) in [4.78, 5) is 26.3. The minimum absolute atomic E-state index is 0.0528. The summed E-state index contributed by atoms with van der Waals surface area (Å²) in [5.74, 6) is 1.01. The maximum atomic E-state index is 13.6. The lowest BCUT2D eigenvalue weighted by Gasteiger charge is -2.26. The molecule has 1 atom stereocenters. The number of benzene rings is 3. The van der Waals surface area contributed by atoms with Crippen molar-refractivity contribution in [2.45, 2.75) is 12.6 Å². The van der Waals surface area contributed by atoms with E-state index in [9.17, 15) is 14.9 Å². The summed E-state index contributed by atoms with van der Waals surface area (Å²) in [5, 5.41) is 19.4. The van der Waals surface area contributed by atoms with Crippen LogP contribution in [0.3, 0.4) is 0 Å². The number of H-pyrrole nitrogens is 1. The number of aromatic nitrogens is 2. The molecule has 0 aliphatic carbocycles. The van der Waals surface area contributed by atoms with Gasteiger partial charge in [0.05, 0.1) is 16.7 Å². The number of nitrogens with one attached hydrogen (secondary N) is 1. The van der Waals surface area contributed by atoms with E-state index in [1.54, 1.807) is 35.2 Å². The topological polar surface area (TPSA) is 111 Å². The Morgan fingerprint density at radius 2 is 1.89 bits per heavy atom. The van der Waals surface area contributed by atoms with Crippen molar-refractivity contribution in [2.75, 3.05) is 6.79 Å². The highest BCUT2D eigenvalue weighted by Crippen LogP contribution is 2.44. The van der Waals surface area contributed by atoms with Gasteiger partial charge in [-0.3, -0.25) is 20.0 Å². The Morgan fingerprint density at radius 1 is 1.09 bits per heavy atom. The first-order valence-corrected chi connectivity index (χ1v) is 11.2. The fourth-order valence-corrected chi connectivity index (χ4v) is 4.70. The number of non-ortho nitro benzene ring substituents is 1. The zero-order chi connectivity index (χ0) is 24.1. The molecule has 35 heavy (non-hydrogen) atoms. The van der Waals surface area contributed by atoms with Gasteiger partial charge in [0, 0.05) is 34.8 Å². The molecule has 0 bridgehead atoms. The molecule has 2 aliphatic rings. The average Bonchev–Trinajstić information content (AvgIpc) is 3.56. The summed E-state index contributed by atoms with van der Waals surface area (Å²) in [7, 11) is 0. The van der Waals surface area contributed by atoms with Gasteiger partial charge in [0.25, 0.3) is 11.6 Å². The second-order valence-corrected chi connectivity index (χ2v) is 8.68. The van der Waals surface area contributed by atoms with Crippen LogP contribution in [-0.2, 0) is 6.54 Å². The second-order valence-electron chi connectivity index (χ2n) is 8.24. The molecule has 6 rings (SSSR count). The first kappa shape index (κ1) is 21.2. The SMILES string of the molecule is O=C1c2[nH]nc(-c3ccc(Cl)cc3)c2C(c2cccc([N+](=O)[O-])c2)N1Cc1ccc2c(c1)OCO2. The van der Waals surface area contributed by atoms with Crippen LogP contribution in [0, 0.1) is 10.1 Å². The van der Waals surface area contributed by atoms with E-state index in [-0.39, 0.29) is 24.9 Å². The molecule has 0 spiro atoms. The number of rotatable bonds is 5. The van der Waals surface area contributed by atoms with Gasteiger partial charge in [-0.15, -0.1) is 0 Å². The number of hydrogen-bond donors (Lipinski definition) is 1. The van der Waals surface area contributed by atoms with Gasteiger partial charge in [-0.2, -0.15) is 5.10 Å². The molecule has 174 valence electrons. The summed E-state index contributed by atoms with van der Waals surface area (Å²) in [6.45, 7) is 0.407. The van der Waals surface area contributed by atoms with Gasteiger partial charge in [-0.1, -0.05) is 41.9 Å².